The van der Waals surface area contributed by atoms with Crippen LogP contribution in [0.2, 0.25) is 0 Å². The van der Waals surface area contributed by atoms with E-state index in [0.717, 1.165) is 39.0 Å². The molecule has 3 rings (SSSR count). The number of nitrogens with one attached hydrogen (secondary N) is 1. The molecule has 0 aliphatic carbocycles. The fourth-order valence-electron chi connectivity index (χ4n) is 2.70. The number of carbonyl (C=O) groups is 1. The first kappa shape index (κ1) is 19.9. The zero-order valence-corrected chi connectivity index (χ0v) is 18.6. The van der Waals surface area contributed by atoms with E-state index in [9.17, 15) is 4.79 Å². The number of amides is 1. The number of aromatic nitrogens is 4. The highest BCUT2D eigenvalue weighted by atomic mass is 79.9. The Kier molecular flexibility index (Phi) is 6.21. The Balaban J connectivity index is 1.50. The summed E-state index contributed by atoms with van der Waals surface area (Å²) in [5.41, 5.74) is 2.91. The quantitative estimate of drug-likeness (QED) is 0.499. The average Bonchev–Trinajstić information content (AvgIpc) is 3.29. The normalized spacial score (nSPS) is 11.1. The van der Waals surface area contributed by atoms with E-state index in [2.05, 4.69) is 47.4 Å². The van der Waals surface area contributed by atoms with E-state index in [-0.39, 0.29) is 5.91 Å². The van der Waals surface area contributed by atoms with Crippen LogP contribution >= 0.6 is 31.9 Å². The van der Waals surface area contributed by atoms with E-state index in [1.54, 1.807) is 6.07 Å². The summed E-state index contributed by atoms with van der Waals surface area (Å²) in [6.07, 6.45) is 2.72. The van der Waals surface area contributed by atoms with Crippen molar-refractivity contribution in [3.63, 3.8) is 0 Å². The zero-order valence-electron chi connectivity index (χ0n) is 15.4. The molecule has 0 fully saturated rings. The molecular formula is C18H21Br2N5O2. The Bertz CT molecular complexity index is 938. The highest BCUT2D eigenvalue weighted by Gasteiger charge is 2.14. The summed E-state index contributed by atoms with van der Waals surface area (Å²) in [7, 11) is 0. The van der Waals surface area contributed by atoms with Gasteiger partial charge in [0.1, 0.15) is 5.76 Å². The number of aryl methyl sites for hydroxylation is 3. The molecule has 0 spiro atoms. The molecule has 1 N–H and O–H groups in total. The van der Waals surface area contributed by atoms with E-state index in [1.807, 2.05) is 42.4 Å². The lowest BCUT2D eigenvalue weighted by atomic mass is 10.3. The highest BCUT2D eigenvalue weighted by Crippen LogP contribution is 2.21. The molecule has 0 aliphatic rings. The predicted octanol–water partition coefficient (Wildman–Crippen LogP) is 3.99. The third-order valence-electron chi connectivity index (χ3n) is 4.22. The molecule has 0 unspecified atom stereocenters. The molecule has 0 radical (unpaired) electrons. The van der Waals surface area contributed by atoms with Crippen LogP contribution in [0.1, 0.15) is 39.8 Å². The molecule has 144 valence electrons. The van der Waals surface area contributed by atoms with Gasteiger partial charge in [-0.1, -0.05) is 0 Å². The number of hydrogen-bond acceptors (Lipinski definition) is 4. The smallest absolute Gasteiger partial charge is 0.286 e. The highest BCUT2D eigenvalue weighted by molar-refractivity contribution is 9.10. The maximum atomic E-state index is 12.2. The van der Waals surface area contributed by atoms with Crippen LogP contribution < -0.4 is 5.32 Å². The Morgan fingerprint density at radius 1 is 1.19 bits per heavy atom. The Morgan fingerprint density at radius 2 is 1.96 bits per heavy atom. The minimum Gasteiger partial charge on any atom is -0.454 e. The van der Waals surface area contributed by atoms with Crippen molar-refractivity contribution in [3.05, 3.63) is 55.9 Å². The first-order valence-electron chi connectivity index (χ1n) is 8.61. The van der Waals surface area contributed by atoms with Crippen molar-refractivity contribution in [2.75, 3.05) is 6.54 Å². The summed E-state index contributed by atoms with van der Waals surface area (Å²) in [6.45, 7) is 7.65. The molecule has 0 saturated heterocycles. The fourth-order valence-corrected chi connectivity index (χ4v) is 3.30. The van der Waals surface area contributed by atoms with Gasteiger partial charge in [0.15, 0.2) is 5.76 Å². The lowest BCUT2D eigenvalue weighted by Crippen LogP contribution is -2.24. The summed E-state index contributed by atoms with van der Waals surface area (Å²) < 4.78 is 11.4. The minimum absolute atomic E-state index is 0.214. The fraction of sp³-hybridized carbons (Fsp3) is 0.389. The molecule has 0 atom stereocenters. The van der Waals surface area contributed by atoms with Crippen LogP contribution in [-0.2, 0) is 13.1 Å². The Morgan fingerprint density at radius 3 is 2.59 bits per heavy atom. The Labute approximate surface area is 174 Å². The standard InChI is InChI=1S/C18H21Br2N5O2/c1-11-15(19)10-24(22-11)8-4-7-21-18(26)16-6-5-14(27-16)9-25-13(3)17(20)12(2)23-25/h5-6,10H,4,7-9H2,1-3H3,(H,21,26). The molecule has 3 aromatic heterocycles. The lowest BCUT2D eigenvalue weighted by molar-refractivity contribution is 0.0923. The third-order valence-corrected chi connectivity index (χ3v) is 6.15. The van der Waals surface area contributed by atoms with E-state index in [0.29, 0.717) is 24.6 Å². The molecule has 0 aliphatic heterocycles. The van der Waals surface area contributed by atoms with E-state index < -0.39 is 0 Å². The van der Waals surface area contributed by atoms with Gasteiger partial charge in [-0.2, -0.15) is 10.2 Å². The second-order valence-electron chi connectivity index (χ2n) is 6.34. The SMILES string of the molecule is Cc1nn(CCCNC(=O)c2ccc(Cn3nc(C)c(Br)c3C)o2)cc1Br. The largest absolute Gasteiger partial charge is 0.454 e. The van der Waals surface area contributed by atoms with Crippen molar-refractivity contribution in [3.8, 4) is 0 Å². The van der Waals surface area contributed by atoms with Gasteiger partial charge >= 0.3 is 0 Å². The van der Waals surface area contributed by atoms with Crippen molar-refractivity contribution in [2.45, 2.75) is 40.3 Å². The number of carbonyl (C=O) groups excluding carboxylic acids is 1. The second-order valence-corrected chi connectivity index (χ2v) is 7.99. The molecular weight excluding hydrogens is 478 g/mol. The van der Waals surface area contributed by atoms with E-state index in [4.69, 9.17) is 4.42 Å². The third kappa shape index (κ3) is 4.70. The van der Waals surface area contributed by atoms with Crippen molar-refractivity contribution >= 4 is 37.8 Å². The predicted molar refractivity (Wildman–Crippen MR) is 109 cm³/mol. The van der Waals surface area contributed by atoms with Gasteiger partial charge in [-0.05, 0) is 71.2 Å². The summed E-state index contributed by atoms with van der Waals surface area (Å²) >= 11 is 6.95. The topological polar surface area (TPSA) is 77.9 Å². The van der Waals surface area contributed by atoms with Gasteiger partial charge in [-0.15, -0.1) is 0 Å². The number of furan rings is 1. The molecule has 9 heteroatoms. The van der Waals surface area contributed by atoms with Crippen molar-refractivity contribution in [1.29, 1.82) is 0 Å². The number of hydrogen-bond donors (Lipinski definition) is 1. The lowest BCUT2D eigenvalue weighted by Gasteiger charge is -2.04. The van der Waals surface area contributed by atoms with Gasteiger partial charge in [-0.3, -0.25) is 14.2 Å². The van der Waals surface area contributed by atoms with E-state index >= 15 is 0 Å². The van der Waals surface area contributed by atoms with Crippen LogP contribution in [0.15, 0.2) is 31.7 Å². The maximum Gasteiger partial charge on any atom is 0.286 e. The van der Waals surface area contributed by atoms with Crippen LogP contribution in [0, 0.1) is 20.8 Å². The van der Waals surface area contributed by atoms with Gasteiger partial charge in [0, 0.05) is 19.3 Å². The zero-order chi connectivity index (χ0) is 19.6. The Hall–Kier alpha value is -1.87. The minimum atomic E-state index is -0.214. The molecule has 3 heterocycles. The molecule has 0 bridgehead atoms. The number of rotatable bonds is 7. The van der Waals surface area contributed by atoms with Gasteiger partial charge < -0.3 is 9.73 Å². The van der Waals surface area contributed by atoms with Crippen molar-refractivity contribution in [2.24, 2.45) is 0 Å². The van der Waals surface area contributed by atoms with Crippen LogP contribution in [0.25, 0.3) is 0 Å². The second kappa shape index (κ2) is 8.43. The molecule has 1 amide bonds. The first-order valence-corrected chi connectivity index (χ1v) is 10.2. The van der Waals surface area contributed by atoms with Crippen LogP contribution in [0.3, 0.4) is 0 Å². The number of halogens is 2. The summed E-state index contributed by atoms with van der Waals surface area (Å²) in [4.78, 5) is 12.2. The van der Waals surface area contributed by atoms with Crippen LogP contribution in [0.5, 0.6) is 0 Å². The van der Waals surface area contributed by atoms with Crippen LogP contribution in [0.4, 0.5) is 0 Å². The molecule has 0 aromatic carbocycles. The summed E-state index contributed by atoms with van der Waals surface area (Å²) in [5, 5.41) is 11.7. The average molecular weight is 499 g/mol. The molecule has 3 aromatic rings. The van der Waals surface area contributed by atoms with E-state index in [1.165, 1.54) is 0 Å². The van der Waals surface area contributed by atoms with Crippen molar-refractivity contribution < 1.29 is 9.21 Å². The molecule has 7 nitrogen and oxygen atoms in total. The number of nitrogens with zero attached hydrogens (tertiary/aromatic N) is 4. The summed E-state index contributed by atoms with van der Waals surface area (Å²) in [6, 6.07) is 3.50. The van der Waals surface area contributed by atoms with Crippen LogP contribution in [-0.4, -0.2) is 32.0 Å². The van der Waals surface area contributed by atoms with Gasteiger partial charge in [0.25, 0.3) is 5.91 Å². The van der Waals surface area contributed by atoms with Gasteiger partial charge in [0.2, 0.25) is 0 Å². The maximum absolute atomic E-state index is 12.2. The molecule has 0 saturated carbocycles. The molecule has 27 heavy (non-hydrogen) atoms. The van der Waals surface area contributed by atoms with Crippen molar-refractivity contribution in [1.82, 2.24) is 24.9 Å². The van der Waals surface area contributed by atoms with Gasteiger partial charge in [0.05, 0.1) is 32.6 Å². The first-order chi connectivity index (χ1) is 12.8. The monoisotopic (exact) mass is 497 g/mol. The summed E-state index contributed by atoms with van der Waals surface area (Å²) in [5.74, 6) is 0.784. The van der Waals surface area contributed by atoms with Gasteiger partial charge in [-0.25, -0.2) is 0 Å².